The molecule has 0 bridgehead atoms. The topological polar surface area (TPSA) is 12.0 Å². The minimum absolute atomic E-state index is 0.388. The number of rotatable bonds is 4. The summed E-state index contributed by atoms with van der Waals surface area (Å²) in [6, 6.07) is 8.56. The van der Waals surface area contributed by atoms with Crippen LogP contribution in [-0.2, 0) is 6.42 Å². The number of hydrogen-bond donors (Lipinski definition) is 1. The summed E-state index contributed by atoms with van der Waals surface area (Å²) in [5.41, 5.74) is 1.82. The van der Waals surface area contributed by atoms with Crippen molar-refractivity contribution in [3.05, 3.63) is 34.3 Å². The van der Waals surface area contributed by atoms with E-state index in [1.165, 1.54) is 35.8 Å². The van der Waals surface area contributed by atoms with Gasteiger partial charge in [0.25, 0.3) is 0 Å². The largest absolute Gasteiger partial charge is 0.311 e. The van der Waals surface area contributed by atoms with Gasteiger partial charge in [-0.2, -0.15) is 0 Å². The number of halogens is 1. The highest BCUT2D eigenvalue weighted by Crippen LogP contribution is 2.31. The SMILES string of the molecule is CCCC1(Cc2ccccc2Br)CCN1. The van der Waals surface area contributed by atoms with Crippen LogP contribution in [0.2, 0.25) is 0 Å². The Bertz CT molecular complexity index is 331. The van der Waals surface area contributed by atoms with E-state index in [-0.39, 0.29) is 0 Å². The van der Waals surface area contributed by atoms with Gasteiger partial charge in [0.05, 0.1) is 0 Å². The predicted octanol–water partition coefficient (Wildman–Crippen LogP) is 3.52. The zero-order valence-corrected chi connectivity index (χ0v) is 10.8. The molecule has 82 valence electrons. The molecule has 0 radical (unpaired) electrons. The van der Waals surface area contributed by atoms with Gasteiger partial charge in [-0.05, 0) is 37.4 Å². The van der Waals surface area contributed by atoms with Crippen molar-refractivity contribution in [3.63, 3.8) is 0 Å². The van der Waals surface area contributed by atoms with Crippen LogP contribution < -0.4 is 5.32 Å². The molecule has 1 N–H and O–H groups in total. The predicted molar refractivity (Wildman–Crippen MR) is 68.1 cm³/mol. The highest BCUT2D eigenvalue weighted by Gasteiger charge is 2.35. The maximum Gasteiger partial charge on any atom is 0.0234 e. The number of nitrogens with one attached hydrogen (secondary N) is 1. The van der Waals surface area contributed by atoms with E-state index in [1.54, 1.807) is 0 Å². The lowest BCUT2D eigenvalue weighted by molar-refractivity contribution is 0.188. The van der Waals surface area contributed by atoms with Crippen molar-refractivity contribution >= 4 is 15.9 Å². The highest BCUT2D eigenvalue weighted by atomic mass is 79.9. The van der Waals surface area contributed by atoms with Gasteiger partial charge in [0.2, 0.25) is 0 Å². The normalized spacial score (nSPS) is 24.9. The Balaban J connectivity index is 2.10. The van der Waals surface area contributed by atoms with Crippen LogP contribution in [0.4, 0.5) is 0 Å². The molecule has 1 saturated heterocycles. The zero-order valence-electron chi connectivity index (χ0n) is 9.22. The fourth-order valence-electron chi connectivity index (χ4n) is 2.42. The van der Waals surface area contributed by atoms with E-state index in [2.05, 4.69) is 52.4 Å². The second-order valence-electron chi connectivity index (χ2n) is 4.48. The molecule has 0 saturated carbocycles. The molecule has 1 heterocycles. The Hall–Kier alpha value is -0.340. The van der Waals surface area contributed by atoms with Crippen LogP contribution in [0.15, 0.2) is 28.7 Å². The molecule has 15 heavy (non-hydrogen) atoms. The first-order valence-corrected chi connectivity index (χ1v) is 6.53. The summed E-state index contributed by atoms with van der Waals surface area (Å²) in [5, 5.41) is 3.61. The van der Waals surface area contributed by atoms with E-state index in [1.807, 2.05) is 0 Å². The first kappa shape index (κ1) is 11.2. The molecule has 2 heteroatoms. The quantitative estimate of drug-likeness (QED) is 0.881. The summed E-state index contributed by atoms with van der Waals surface area (Å²) < 4.78 is 1.24. The van der Waals surface area contributed by atoms with Gasteiger partial charge in [0.1, 0.15) is 0 Å². The van der Waals surface area contributed by atoms with E-state index >= 15 is 0 Å². The molecule has 1 aliphatic rings. The fraction of sp³-hybridized carbons (Fsp3) is 0.538. The second-order valence-corrected chi connectivity index (χ2v) is 5.33. The number of hydrogen-bond acceptors (Lipinski definition) is 1. The van der Waals surface area contributed by atoms with Crippen LogP contribution in [0.25, 0.3) is 0 Å². The lowest BCUT2D eigenvalue weighted by atomic mass is 9.78. The number of benzene rings is 1. The maximum atomic E-state index is 3.63. The van der Waals surface area contributed by atoms with Crippen LogP contribution in [0.5, 0.6) is 0 Å². The smallest absolute Gasteiger partial charge is 0.0234 e. The second kappa shape index (κ2) is 4.67. The van der Waals surface area contributed by atoms with Crippen LogP contribution in [-0.4, -0.2) is 12.1 Å². The third-order valence-corrected chi connectivity index (χ3v) is 4.09. The molecular weight excluding hydrogens is 250 g/mol. The van der Waals surface area contributed by atoms with Crippen molar-refractivity contribution in [2.75, 3.05) is 6.54 Å². The van der Waals surface area contributed by atoms with Gasteiger partial charge in [0, 0.05) is 10.0 Å². The first-order chi connectivity index (χ1) is 7.26. The van der Waals surface area contributed by atoms with Crippen LogP contribution in [0.1, 0.15) is 31.7 Å². The van der Waals surface area contributed by atoms with Crippen molar-refractivity contribution in [2.45, 2.75) is 38.1 Å². The highest BCUT2D eigenvalue weighted by molar-refractivity contribution is 9.10. The summed E-state index contributed by atoms with van der Waals surface area (Å²) in [5.74, 6) is 0. The van der Waals surface area contributed by atoms with Crippen molar-refractivity contribution < 1.29 is 0 Å². The Morgan fingerprint density at radius 2 is 2.13 bits per heavy atom. The van der Waals surface area contributed by atoms with Crippen molar-refractivity contribution in [1.29, 1.82) is 0 Å². The summed E-state index contributed by atoms with van der Waals surface area (Å²) in [6.45, 7) is 3.45. The van der Waals surface area contributed by atoms with E-state index in [4.69, 9.17) is 0 Å². The van der Waals surface area contributed by atoms with Crippen molar-refractivity contribution in [1.82, 2.24) is 5.32 Å². The molecule has 1 unspecified atom stereocenters. The molecule has 1 aromatic rings. The minimum Gasteiger partial charge on any atom is -0.311 e. The standard InChI is InChI=1S/C13H18BrN/c1-2-7-13(8-9-15-13)10-11-5-3-4-6-12(11)14/h3-6,15H,2,7-10H2,1H3. The Labute approximate surface area is 100 Å². The van der Waals surface area contributed by atoms with Gasteiger partial charge < -0.3 is 5.32 Å². The molecule has 1 nitrogen and oxygen atoms in total. The van der Waals surface area contributed by atoms with Gasteiger partial charge in [-0.1, -0.05) is 47.5 Å². The molecule has 1 fully saturated rings. The van der Waals surface area contributed by atoms with Crippen LogP contribution >= 0.6 is 15.9 Å². The van der Waals surface area contributed by atoms with Gasteiger partial charge in [0.15, 0.2) is 0 Å². The van der Waals surface area contributed by atoms with Gasteiger partial charge in [-0.3, -0.25) is 0 Å². The maximum absolute atomic E-state index is 3.63. The first-order valence-electron chi connectivity index (χ1n) is 5.74. The zero-order chi connectivity index (χ0) is 10.7. The van der Waals surface area contributed by atoms with Crippen LogP contribution in [0.3, 0.4) is 0 Å². The monoisotopic (exact) mass is 267 g/mol. The van der Waals surface area contributed by atoms with Crippen molar-refractivity contribution in [3.8, 4) is 0 Å². The van der Waals surface area contributed by atoms with E-state index in [0.717, 1.165) is 6.42 Å². The minimum atomic E-state index is 0.388. The average Bonchev–Trinajstić information content (AvgIpc) is 2.18. The average molecular weight is 268 g/mol. The fourth-order valence-corrected chi connectivity index (χ4v) is 2.84. The van der Waals surface area contributed by atoms with Gasteiger partial charge in [-0.15, -0.1) is 0 Å². The van der Waals surface area contributed by atoms with Gasteiger partial charge >= 0.3 is 0 Å². The molecular formula is C13H18BrN. The molecule has 0 aliphatic carbocycles. The summed E-state index contributed by atoms with van der Waals surface area (Å²) in [7, 11) is 0. The summed E-state index contributed by atoms with van der Waals surface area (Å²) >= 11 is 3.63. The molecule has 2 rings (SSSR count). The van der Waals surface area contributed by atoms with Crippen molar-refractivity contribution in [2.24, 2.45) is 0 Å². The third kappa shape index (κ3) is 2.43. The molecule has 0 aromatic heterocycles. The summed E-state index contributed by atoms with van der Waals surface area (Å²) in [4.78, 5) is 0. The lowest BCUT2D eigenvalue weighted by Crippen LogP contribution is -2.58. The molecule has 0 amide bonds. The Morgan fingerprint density at radius 3 is 2.67 bits per heavy atom. The van der Waals surface area contributed by atoms with Crippen LogP contribution in [0, 0.1) is 0 Å². The third-order valence-electron chi connectivity index (χ3n) is 3.32. The molecule has 0 spiro atoms. The van der Waals surface area contributed by atoms with Gasteiger partial charge in [-0.25, -0.2) is 0 Å². The molecule has 1 aliphatic heterocycles. The molecule has 1 aromatic carbocycles. The lowest BCUT2D eigenvalue weighted by Gasteiger charge is -2.44. The van der Waals surface area contributed by atoms with E-state index in [9.17, 15) is 0 Å². The summed E-state index contributed by atoms with van der Waals surface area (Å²) in [6.07, 6.45) is 5.02. The van der Waals surface area contributed by atoms with E-state index in [0.29, 0.717) is 5.54 Å². The Kier molecular flexibility index (Phi) is 3.47. The van der Waals surface area contributed by atoms with E-state index < -0.39 is 0 Å². The molecule has 1 atom stereocenters. The Morgan fingerprint density at radius 1 is 1.40 bits per heavy atom.